The molecule has 0 aliphatic carbocycles. The highest BCUT2D eigenvalue weighted by Gasteiger charge is 2.19. The first-order valence-electron chi connectivity index (χ1n) is 7.91. The van der Waals surface area contributed by atoms with Gasteiger partial charge in [0, 0.05) is 20.1 Å². The molecule has 1 heterocycles. The molecule has 1 saturated heterocycles. The minimum Gasteiger partial charge on any atom is -0.492 e. The molecule has 1 aromatic rings. The van der Waals surface area contributed by atoms with Crippen LogP contribution in [-0.4, -0.2) is 74.8 Å². The van der Waals surface area contributed by atoms with E-state index in [-0.39, 0.29) is 18.8 Å². The Bertz CT molecular complexity index is 559. The molecule has 1 aliphatic heterocycles. The van der Waals surface area contributed by atoms with Crippen LogP contribution in [0.15, 0.2) is 30.3 Å². The zero-order valence-electron chi connectivity index (χ0n) is 14.0. The predicted octanol–water partition coefficient (Wildman–Crippen LogP) is 1.12. The van der Waals surface area contributed by atoms with Crippen molar-refractivity contribution in [3.8, 4) is 5.75 Å². The molecule has 1 aromatic carbocycles. The smallest absolute Gasteiger partial charge is 0.290 e. The standard InChI is InChI=1S/C15H24N2O3S.CH2O2/c1-16(11-12-17-9-5-6-10-17)21(18,19)14-13-20-15-7-3-2-4-8-15;2-1-3/h2-4,7-8H,5-6,9-14H2,1H3;1H,(H,2,3). The summed E-state index contributed by atoms with van der Waals surface area (Å²) in [5, 5.41) is 6.89. The van der Waals surface area contributed by atoms with E-state index in [0.29, 0.717) is 12.3 Å². The Labute approximate surface area is 143 Å². The number of rotatable bonds is 8. The van der Waals surface area contributed by atoms with Crippen LogP contribution in [-0.2, 0) is 14.8 Å². The van der Waals surface area contributed by atoms with Crippen LogP contribution in [0.1, 0.15) is 12.8 Å². The maximum absolute atomic E-state index is 12.2. The minimum atomic E-state index is -3.24. The molecule has 0 unspecified atom stereocenters. The highest BCUT2D eigenvalue weighted by Crippen LogP contribution is 2.10. The van der Waals surface area contributed by atoms with E-state index in [4.69, 9.17) is 14.6 Å². The van der Waals surface area contributed by atoms with Gasteiger partial charge in [0.1, 0.15) is 12.4 Å². The van der Waals surface area contributed by atoms with Gasteiger partial charge < -0.3 is 14.7 Å². The van der Waals surface area contributed by atoms with Gasteiger partial charge in [-0.25, -0.2) is 12.7 Å². The average Bonchev–Trinajstić information content (AvgIpc) is 3.07. The Morgan fingerprint density at radius 3 is 2.42 bits per heavy atom. The normalized spacial score (nSPS) is 14.9. The summed E-state index contributed by atoms with van der Waals surface area (Å²) in [7, 11) is -1.59. The van der Waals surface area contributed by atoms with Gasteiger partial charge in [-0.15, -0.1) is 0 Å². The summed E-state index contributed by atoms with van der Waals surface area (Å²) in [4.78, 5) is 10.7. The lowest BCUT2D eigenvalue weighted by Gasteiger charge is -2.21. The molecule has 136 valence electrons. The zero-order valence-corrected chi connectivity index (χ0v) is 14.8. The summed E-state index contributed by atoms with van der Waals surface area (Å²) >= 11 is 0. The number of likely N-dealkylation sites (tertiary alicyclic amines) is 1. The third-order valence-corrected chi connectivity index (χ3v) is 5.57. The molecule has 1 N–H and O–H groups in total. The molecule has 24 heavy (non-hydrogen) atoms. The molecule has 1 fully saturated rings. The Kier molecular flexibility index (Phi) is 9.36. The van der Waals surface area contributed by atoms with Gasteiger partial charge in [-0.2, -0.15) is 0 Å². The van der Waals surface area contributed by atoms with Crippen molar-refractivity contribution in [3.63, 3.8) is 0 Å². The van der Waals surface area contributed by atoms with Gasteiger partial charge in [-0.3, -0.25) is 4.79 Å². The maximum Gasteiger partial charge on any atom is 0.290 e. The molecule has 0 spiro atoms. The van der Waals surface area contributed by atoms with E-state index < -0.39 is 10.0 Å². The molecule has 0 atom stereocenters. The second-order valence-corrected chi connectivity index (χ2v) is 7.65. The summed E-state index contributed by atoms with van der Waals surface area (Å²) in [6, 6.07) is 9.28. The third kappa shape index (κ3) is 7.76. The van der Waals surface area contributed by atoms with E-state index >= 15 is 0 Å². The van der Waals surface area contributed by atoms with Gasteiger partial charge in [-0.1, -0.05) is 18.2 Å². The highest BCUT2D eigenvalue weighted by molar-refractivity contribution is 7.89. The topological polar surface area (TPSA) is 87.2 Å². The summed E-state index contributed by atoms with van der Waals surface area (Å²) in [6.07, 6.45) is 2.45. The van der Waals surface area contributed by atoms with E-state index in [2.05, 4.69) is 4.90 Å². The lowest BCUT2D eigenvalue weighted by molar-refractivity contribution is -0.122. The second kappa shape index (κ2) is 11.0. The van der Waals surface area contributed by atoms with Crippen LogP contribution >= 0.6 is 0 Å². The molecule has 1 aliphatic rings. The average molecular weight is 358 g/mol. The van der Waals surface area contributed by atoms with E-state index in [0.717, 1.165) is 19.6 Å². The Morgan fingerprint density at radius 1 is 1.25 bits per heavy atom. The summed E-state index contributed by atoms with van der Waals surface area (Å²) in [5.74, 6) is 0.714. The molecular formula is C16H26N2O5S. The fraction of sp³-hybridized carbons (Fsp3) is 0.562. The van der Waals surface area contributed by atoms with Crippen molar-refractivity contribution in [1.82, 2.24) is 9.21 Å². The van der Waals surface area contributed by atoms with Crippen molar-refractivity contribution in [3.05, 3.63) is 30.3 Å². The summed E-state index contributed by atoms with van der Waals surface area (Å²) in [5.41, 5.74) is 0. The monoisotopic (exact) mass is 358 g/mol. The number of carbonyl (C=O) groups is 1. The number of hydrogen-bond donors (Lipinski definition) is 1. The van der Waals surface area contributed by atoms with Crippen LogP contribution in [0, 0.1) is 0 Å². The first-order chi connectivity index (χ1) is 11.5. The zero-order chi connectivity index (χ0) is 17.8. The first-order valence-corrected chi connectivity index (χ1v) is 9.52. The summed E-state index contributed by atoms with van der Waals surface area (Å²) < 4.78 is 31.2. The van der Waals surface area contributed by atoms with Gasteiger partial charge in [0.15, 0.2) is 0 Å². The van der Waals surface area contributed by atoms with Crippen LogP contribution in [0.4, 0.5) is 0 Å². The van der Waals surface area contributed by atoms with E-state index in [1.807, 2.05) is 30.3 Å². The number of likely N-dealkylation sites (N-methyl/N-ethyl adjacent to an activating group) is 1. The van der Waals surface area contributed by atoms with E-state index in [1.165, 1.54) is 17.1 Å². The quantitative estimate of drug-likeness (QED) is 0.701. The second-order valence-electron chi connectivity index (χ2n) is 5.45. The molecule has 0 radical (unpaired) electrons. The van der Waals surface area contributed by atoms with Crippen LogP contribution in [0.5, 0.6) is 5.75 Å². The minimum absolute atomic E-state index is 0.0123. The first kappa shape index (κ1) is 20.4. The number of carboxylic acid groups (broad SMARTS) is 1. The Morgan fingerprint density at radius 2 is 1.83 bits per heavy atom. The van der Waals surface area contributed by atoms with Crippen molar-refractivity contribution in [2.45, 2.75) is 12.8 Å². The molecule has 7 nitrogen and oxygen atoms in total. The molecule has 0 aromatic heterocycles. The van der Waals surface area contributed by atoms with Crippen molar-refractivity contribution in [2.75, 3.05) is 45.6 Å². The van der Waals surface area contributed by atoms with Gasteiger partial charge in [-0.05, 0) is 38.1 Å². The van der Waals surface area contributed by atoms with Crippen molar-refractivity contribution >= 4 is 16.5 Å². The lowest BCUT2D eigenvalue weighted by Crippen LogP contribution is -2.37. The number of nitrogens with zero attached hydrogens (tertiary/aromatic N) is 2. The van der Waals surface area contributed by atoms with Crippen molar-refractivity contribution < 1.29 is 23.1 Å². The number of benzene rings is 1. The lowest BCUT2D eigenvalue weighted by atomic mass is 10.3. The number of hydrogen-bond acceptors (Lipinski definition) is 5. The van der Waals surface area contributed by atoms with E-state index in [9.17, 15) is 8.42 Å². The van der Waals surface area contributed by atoms with E-state index in [1.54, 1.807) is 7.05 Å². The highest BCUT2D eigenvalue weighted by atomic mass is 32.2. The van der Waals surface area contributed by atoms with Gasteiger partial charge in [0.2, 0.25) is 10.0 Å². The number of sulfonamides is 1. The Hall–Kier alpha value is -1.64. The number of para-hydroxylation sites is 1. The van der Waals surface area contributed by atoms with Crippen LogP contribution < -0.4 is 4.74 Å². The van der Waals surface area contributed by atoms with Gasteiger partial charge in [0.05, 0.1) is 5.75 Å². The van der Waals surface area contributed by atoms with Crippen LogP contribution in [0.3, 0.4) is 0 Å². The van der Waals surface area contributed by atoms with Gasteiger partial charge >= 0.3 is 0 Å². The predicted molar refractivity (Wildman–Crippen MR) is 92.7 cm³/mol. The molecule has 2 rings (SSSR count). The Balaban J connectivity index is 0.000000891. The fourth-order valence-corrected chi connectivity index (χ4v) is 3.33. The van der Waals surface area contributed by atoms with Crippen molar-refractivity contribution in [1.29, 1.82) is 0 Å². The molecular weight excluding hydrogens is 332 g/mol. The molecule has 0 amide bonds. The third-order valence-electron chi connectivity index (χ3n) is 3.76. The molecule has 8 heteroatoms. The summed E-state index contributed by atoms with van der Waals surface area (Å²) in [6.45, 7) is 3.47. The van der Waals surface area contributed by atoms with Crippen molar-refractivity contribution in [2.24, 2.45) is 0 Å². The van der Waals surface area contributed by atoms with Crippen LogP contribution in [0.2, 0.25) is 0 Å². The maximum atomic E-state index is 12.2. The van der Waals surface area contributed by atoms with Crippen LogP contribution in [0.25, 0.3) is 0 Å². The SMILES string of the molecule is CN(CCN1CCCC1)S(=O)(=O)CCOc1ccccc1.O=CO. The molecule has 0 saturated carbocycles. The fourth-order valence-electron chi connectivity index (χ4n) is 2.36. The van der Waals surface area contributed by atoms with Gasteiger partial charge in [0.25, 0.3) is 6.47 Å². The largest absolute Gasteiger partial charge is 0.492 e. The molecule has 0 bridgehead atoms. The number of ether oxygens (including phenoxy) is 1.